The van der Waals surface area contributed by atoms with Crippen molar-refractivity contribution in [2.75, 3.05) is 32.8 Å². The number of nitrogens with zero attached hydrogens (tertiary/aromatic N) is 1. The number of hydrogen-bond donors (Lipinski definition) is 1. The van der Waals surface area contributed by atoms with Crippen LogP contribution in [0.1, 0.15) is 25.1 Å². The summed E-state index contributed by atoms with van der Waals surface area (Å²) in [5.41, 5.74) is 0.822. The van der Waals surface area contributed by atoms with E-state index in [1.54, 1.807) is 0 Å². The number of fused-ring (bicyclic) bond motifs is 1. The van der Waals surface area contributed by atoms with E-state index in [0.29, 0.717) is 44.3 Å². The Morgan fingerprint density at radius 3 is 2.91 bits per heavy atom. The second-order valence-corrected chi connectivity index (χ2v) is 6.19. The molecule has 1 aliphatic rings. The first kappa shape index (κ1) is 16.3. The van der Waals surface area contributed by atoms with Crippen LogP contribution in [0.3, 0.4) is 0 Å². The number of morpholine rings is 1. The molecule has 0 bridgehead atoms. The zero-order valence-corrected chi connectivity index (χ0v) is 13.9. The average Bonchev–Trinajstić information content (AvgIpc) is 2.98. The normalized spacial score (nSPS) is 16.7. The van der Waals surface area contributed by atoms with Crippen molar-refractivity contribution in [1.82, 2.24) is 10.2 Å². The van der Waals surface area contributed by atoms with Crippen LogP contribution in [0, 0.1) is 0 Å². The van der Waals surface area contributed by atoms with E-state index < -0.39 is 0 Å². The van der Waals surface area contributed by atoms with Gasteiger partial charge < -0.3 is 19.4 Å². The smallest absolute Gasteiger partial charge is 0.224 e. The zero-order valence-electron chi connectivity index (χ0n) is 13.2. The van der Waals surface area contributed by atoms with Crippen LogP contribution in [0.25, 0.3) is 11.0 Å². The maximum atomic E-state index is 12.1. The molecular formula is C17H21ClN2O3. The number of furan rings is 1. The van der Waals surface area contributed by atoms with E-state index in [1.165, 1.54) is 0 Å². The topological polar surface area (TPSA) is 54.7 Å². The molecular weight excluding hydrogens is 316 g/mol. The summed E-state index contributed by atoms with van der Waals surface area (Å²) in [6, 6.07) is 7.60. The van der Waals surface area contributed by atoms with E-state index >= 15 is 0 Å². The number of carbonyl (C=O) groups is 1. The van der Waals surface area contributed by atoms with Crippen molar-refractivity contribution < 1.29 is 13.9 Å². The minimum absolute atomic E-state index is 0.0404. The molecule has 2 aromatic rings. The first-order valence-electron chi connectivity index (χ1n) is 7.91. The molecule has 6 heteroatoms. The highest BCUT2D eigenvalue weighted by Gasteiger charge is 2.17. The third-order valence-electron chi connectivity index (χ3n) is 4.08. The number of benzene rings is 1. The van der Waals surface area contributed by atoms with Crippen molar-refractivity contribution in [3.8, 4) is 0 Å². The lowest BCUT2D eigenvalue weighted by Crippen LogP contribution is -2.41. The molecule has 1 aromatic heterocycles. The summed E-state index contributed by atoms with van der Waals surface area (Å²) in [4.78, 5) is 13.9. The monoisotopic (exact) mass is 336 g/mol. The maximum absolute atomic E-state index is 12.1. The Kier molecular flexibility index (Phi) is 5.20. The summed E-state index contributed by atoms with van der Waals surface area (Å²) in [7, 11) is 0. The van der Waals surface area contributed by atoms with Gasteiger partial charge in [-0.05, 0) is 31.2 Å². The Hall–Kier alpha value is -1.56. The number of ether oxygens (including phenoxy) is 1. The SMILES string of the molecule is C[C@@H](NCCC(=O)N1CCOCC1)c1cc2cc(Cl)ccc2o1. The lowest BCUT2D eigenvalue weighted by atomic mass is 10.2. The van der Waals surface area contributed by atoms with Crippen molar-refractivity contribution in [3.05, 3.63) is 35.0 Å². The van der Waals surface area contributed by atoms with Crippen molar-refractivity contribution in [2.24, 2.45) is 0 Å². The average molecular weight is 337 g/mol. The van der Waals surface area contributed by atoms with Gasteiger partial charge in [0.1, 0.15) is 11.3 Å². The van der Waals surface area contributed by atoms with Gasteiger partial charge in [-0.3, -0.25) is 4.79 Å². The van der Waals surface area contributed by atoms with Gasteiger partial charge >= 0.3 is 0 Å². The van der Waals surface area contributed by atoms with Crippen molar-refractivity contribution >= 4 is 28.5 Å². The van der Waals surface area contributed by atoms with Crippen LogP contribution in [-0.4, -0.2) is 43.7 Å². The second-order valence-electron chi connectivity index (χ2n) is 5.75. The predicted octanol–water partition coefficient (Wildman–Crippen LogP) is 2.99. The Morgan fingerprint density at radius 2 is 2.13 bits per heavy atom. The number of carbonyl (C=O) groups excluding carboxylic acids is 1. The number of hydrogen-bond acceptors (Lipinski definition) is 4. The van der Waals surface area contributed by atoms with Crippen LogP contribution in [-0.2, 0) is 9.53 Å². The van der Waals surface area contributed by atoms with Crippen molar-refractivity contribution in [2.45, 2.75) is 19.4 Å². The van der Waals surface area contributed by atoms with Gasteiger partial charge in [-0.25, -0.2) is 0 Å². The van der Waals surface area contributed by atoms with Crippen LogP contribution in [0.5, 0.6) is 0 Å². The van der Waals surface area contributed by atoms with Crippen LogP contribution in [0.4, 0.5) is 0 Å². The Morgan fingerprint density at radius 1 is 1.35 bits per heavy atom. The lowest BCUT2D eigenvalue weighted by Gasteiger charge is -2.27. The van der Waals surface area contributed by atoms with Crippen molar-refractivity contribution in [1.29, 1.82) is 0 Å². The van der Waals surface area contributed by atoms with Gasteiger partial charge in [-0.1, -0.05) is 11.6 Å². The van der Waals surface area contributed by atoms with Gasteiger partial charge in [0.25, 0.3) is 0 Å². The highest BCUT2D eigenvalue weighted by Crippen LogP contribution is 2.26. The van der Waals surface area contributed by atoms with Gasteiger partial charge in [0.15, 0.2) is 0 Å². The largest absolute Gasteiger partial charge is 0.459 e. The number of rotatable bonds is 5. The first-order chi connectivity index (χ1) is 11.1. The second kappa shape index (κ2) is 7.34. The first-order valence-corrected chi connectivity index (χ1v) is 8.29. The molecule has 1 aromatic carbocycles. The number of nitrogens with one attached hydrogen (secondary N) is 1. The van der Waals surface area contributed by atoms with E-state index in [-0.39, 0.29) is 11.9 Å². The fourth-order valence-corrected chi connectivity index (χ4v) is 2.90. The van der Waals surface area contributed by atoms with E-state index in [1.807, 2.05) is 36.1 Å². The summed E-state index contributed by atoms with van der Waals surface area (Å²) in [5, 5.41) is 5.03. The molecule has 3 rings (SSSR count). The summed E-state index contributed by atoms with van der Waals surface area (Å²) < 4.78 is 11.1. The summed E-state index contributed by atoms with van der Waals surface area (Å²) in [6.07, 6.45) is 0.483. The molecule has 124 valence electrons. The van der Waals surface area contributed by atoms with Crippen LogP contribution >= 0.6 is 11.6 Å². The Bertz CT molecular complexity index is 680. The molecule has 1 fully saturated rings. The Balaban J connectivity index is 1.51. The molecule has 0 aliphatic carbocycles. The van der Waals surface area contributed by atoms with Crippen LogP contribution < -0.4 is 5.32 Å². The Labute approximate surface area is 140 Å². The maximum Gasteiger partial charge on any atom is 0.224 e. The molecule has 1 saturated heterocycles. The molecule has 1 atom stereocenters. The quantitative estimate of drug-likeness (QED) is 0.912. The minimum atomic E-state index is 0.0404. The van der Waals surface area contributed by atoms with Gasteiger partial charge in [0.2, 0.25) is 5.91 Å². The lowest BCUT2D eigenvalue weighted by molar-refractivity contribution is -0.135. The molecule has 23 heavy (non-hydrogen) atoms. The standard InChI is InChI=1S/C17H21ClN2O3/c1-12(16-11-13-10-14(18)2-3-15(13)23-16)19-5-4-17(21)20-6-8-22-9-7-20/h2-3,10-12,19H,4-9H2,1H3/t12-/m1/s1. The zero-order chi connectivity index (χ0) is 16.2. The van der Waals surface area contributed by atoms with E-state index in [2.05, 4.69) is 5.32 Å². The van der Waals surface area contributed by atoms with Gasteiger partial charge in [0, 0.05) is 36.5 Å². The molecule has 0 saturated carbocycles. The van der Waals surface area contributed by atoms with Gasteiger partial charge in [-0.15, -0.1) is 0 Å². The molecule has 0 spiro atoms. The molecule has 0 unspecified atom stereocenters. The molecule has 1 amide bonds. The van der Waals surface area contributed by atoms with Crippen LogP contribution in [0.15, 0.2) is 28.7 Å². The van der Waals surface area contributed by atoms with Gasteiger partial charge in [-0.2, -0.15) is 0 Å². The fraction of sp³-hybridized carbons (Fsp3) is 0.471. The van der Waals surface area contributed by atoms with E-state index in [4.69, 9.17) is 20.8 Å². The highest BCUT2D eigenvalue weighted by molar-refractivity contribution is 6.31. The fourth-order valence-electron chi connectivity index (χ4n) is 2.72. The van der Waals surface area contributed by atoms with E-state index in [9.17, 15) is 4.79 Å². The molecule has 1 aliphatic heterocycles. The summed E-state index contributed by atoms with van der Waals surface area (Å²) in [5.74, 6) is 1.02. The number of halogens is 1. The molecule has 1 N–H and O–H groups in total. The van der Waals surface area contributed by atoms with Crippen LogP contribution in [0.2, 0.25) is 5.02 Å². The molecule has 2 heterocycles. The van der Waals surface area contributed by atoms with Crippen molar-refractivity contribution in [3.63, 3.8) is 0 Å². The predicted molar refractivity (Wildman–Crippen MR) is 89.7 cm³/mol. The summed E-state index contributed by atoms with van der Waals surface area (Å²) >= 11 is 5.99. The highest BCUT2D eigenvalue weighted by atomic mass is 35.5. The van der Waals surface area contributed by atoms with Gasteiger partial charge in [0.05, 0.1) is 19.3 Å². The molecule has 0 radical (unpaired) electrons. The minimum Gasteiger partial charge on any atom is -0.459 e. The van der Waals surface area contributed by atoms with E-state index in [0.717, 1.165) is 16.7 Å². The third kappa shape index (κ3) is 4.05. The number of amides is 1. The molecule has 5 nitrogen and oxygen atoms in total. The third-order valence-corrected chi connectivity index (χ3v) is 4.31. The summed E-state index contributed by atoms with van der Waals surface area (Å²) in [6.45, 7) is 5.30.